The van der Waals surface area contributed by atoms with Gasteiger partial charge in [-0.15, -0.1) is 0 Å². The monoisotopic (exact) mass is 247 g/mol. The molecule has 88 valence electrons. The first-order chi connectivity index (χ1) is 7.98. The van der Waals surface area contributed by atoms with E-state index in [-0.39, 0.29) is 4.90 Å². The van der Waals surface area contributed by atoms with Gasteiger partial charge in [0.25, 0.3) is 0 Å². The Bertz CT molecular complexity index is 631. The van der Waals surface area contributed by atoms with Gasteiger partial charge in [0.15, 0.2) is 0 Å². The van der Waals surface area contributed by atoms with Crippen molar-refractivity contribution in [2.75, 3.05) is 0 Å². The first kappa shape index (κ1) is 11.8. The van der Waals surface area contributed by atoms with Crippen LogP contribution in [0.5, 0.6) is 0 Å². The van der Waals surface area contributed by atoms with Gasteiger partial charge in [-0.2, -0.15) is 0 Å². The number of aryl methyl sites for hydroxylation is 1. The topological polar surface area (TPSA) is 60.2 Å². The van der Waals surface area contributed by atoms with E-state index < -0.39 is 10.0 Å². The van der Waals surface area contributed by atoms with Crippen molar-refractivity contribution >= 4 is 10.0 Å². The predicted octanol–water partition coefficient (Wildman–Crippen LogP) is 2.31. The van der Waals surface area contributed by atoms with Crippen LogP contribution in [0.3, 0.4) is 0 Å². The van der Waals surface area contributed by atoms with E-state index in [1.807, 2.05) is 31.2 Å². The maximum atomic E-state index is 11.5. The van der Waals surface area contributed by atoms with Gasteiger partial charge in [0.2, 0.25) is 10.0 Å². The van der Waals surface area contributed by atoms with Gasteiger partial charge in [0.1, 0.15) is 0 Å². The van der Waals surface area contributed by atoms with Crippen molar-refractivity contribution in [2.45, 2.75) is 11.8 Å². The molecule has 0 heterocycles. The molecule has 17 heavy (non-hydrogen) atoms. The molecule has 0 aliphatic carbocycles. The number of hydrogen-bond acceptors (Lipinski definition) is 2. The van der Waals surface area contributed by atoms with E-state index in [9.17, 15) is 8.42 Å². The predicted molar refractivity (Wildman–Crippen MR) is 68.0 cm³/mol. The average molecular weight is 247 g/mol. The summed E-state index contributed by atoms with van der Waals surface area (Å²) in [5.41, 5.74) is 2.61. The second-order valence-corrected chi connectivity index (χ2v) is 5.44. The Hall–Kier alpha value is -1.65. The van der Waals surface area contributed by atoms with Crippen molar-refractivity contribution in [3.8, 4) is 11.1 Å². The van der Waals surface area contributed by atoms with Gasteiger partial charge in [0.05, 0.1) is 4.90 Å². The first-order valence-corrected chi connectivity index (χ1v) is 6.72. The molecule has 0 aliphatic heterocycles. The van der Waals surface area contributed by atoms with E-state index in [0.717, 1.165) is 11.1 Å². The van der Waals surface area contributed by atoms with Gasteiger partial charge < -0.3 is 0 Å². The molecule has 0 aliphatic rings. The summed E-state index contributed by atoms with van der Waals surface area (Å²) in [4.78, 5) is 0.156. The lowest BCUT2D eigenvalue weighted by Crippen LogP contribution is -2.13. The van der Waals surface area contributed by atoms with E-state index in [4.69, 9.17) is 5.14 Å². The highest BCUT2D eigenvalue weighted by molar-refractivity contribution is 7.89. The fourth-order valence-electron chi connectivity index (χ4n) is 1.69. The molecular formula is C13H13NO2S. The van der Waals surface area contributed by atoms with Crippen molar-refractivity contribution in [3.05, 3.63) is 54.1 Å². The highest BCUT2D eigenvalue weighted by Gasteiger charge is 2.13. The maximum absolute atomic E-state index is 11.5. The minimum Gasteiger partial charge on any atom is -0.225 e. The van der Waals surface area contributed by atoms with Crippen LogP contribution in [0.25, 0.3) is 11.1 Å². The largest absolute Gasteiger partial charge is 0.238 e. The van der Waals surface area contributed by atoms with Gasteiger partial charge in [-0.3, -0.25) is 0 Å². The Labute approximate surface area is 101 Å². The van der Waals surface area contributed by atoms with Crippen LogP contribution >= 0.6 is 0 Å². The Morgan fingerprint density at radius 2 is 1.53 bits per heavy atom. The van der Waals surface area contributed by atoms with Gasteiger partial charge in [-0.1, -0.05) is 48.0 Å². The van der Waals surface area contributed by atoms with Gasteiger partial charge in [0, 0.05) is 5.56 Å². The van der Waals surface area contributed by atoms with E-state index in [2.05, 4.69) is 0 Å². The minimum atomic E-state index is -3.69. The Morgan fingerprint density at radius 3 is 2.12 bits per heavy atom. The molecule has 0 radical (unpaired) electrons. The molecule has 2 aromatic carbocycles. The summed E-state index contributed by atoms with van der Waals surface area (Å²) in [5.74, 6) is 0. The molecule has 0 amide bonds. The van der Waals surface area contributed by atoms with Crippen molar-refractivity contribution in [1.29, 1.82) is 0 Å². The Morgan fingerprint density at radius 1 is 0.941 bits per heavy atom. The summed E-state index contributed by atoms with van der Waals surface area (Å²) in [6.45, 7) is 1.98. The number of hydrogen-bond donors (Lipinski definition) is 1. The number of sulfonamides is 1. The molecule has 2 N–H and O–H groups in total. The summed E-state index contributed by atoms with van der Waals surface area (Å²) in [7, 11) is -3.69. The summed E-state index contributed by atoms with van der Waals surface area (Å²) in [6.07, 6.45) is 0. The molecule has 4 heteroatoms. The summed E-state index contributed by atoms with van der Waals surface area (Å²) in [6, 6.07) is 14.4. The van der Waals surface area contributed by atoms with Crippen LogP contribution < -0.4 is 5.14 Å². The zero-order valence-electron chi connectivity index (χ0n) is 9.42. The van der Waals surface area contributed by atoms with Crippen LogP contribution in [0.4, 0.5) is 0 Å². The molecule has 2 aromatic rings. The van der Waals surface area contributed by atoms with Crippen molar-refractivity contribution < 1.29 is 8.42 Å². The normalized spacial score (nSPS) is 11.4. The third-order valence-electron chi connectivity index (χ3n) is 2.56. The second-order valence-electron chi connectivity index (χ2n) is 3.91. The average Bonchev–Trinajstić information content (AvgIpc) is 2.29. The van der Waals surface area contributed by atoms with Crippen LogP contribution in [-0.2, 0) is 10.0 Å². The van der Waals surface area contributed by atoms with E-state index >= 15 is 0 Å². The number of primary sulfonamides is 1. The zero-order chi connectivity index (χ0) is 12.5. The quantitative estimate of drug-likeness (QED) is 0.885. The Kier molecular flexibility index (Phi) is 3.00. The molecule has 0 bridgehead atoms. The van der Waals surface area contributed by atoms with Gasteiger partial charge in [-0.05, 0) is 18.6 Å². The molecule has 0 aromatic heterocycles. The van der Waals surface area contributed by atoms with Gasteiger partial charge >= 0.3 is 0 Å². The minimum absolute atomic E-state index is 0.156. The van der Waals surface area contributed by atoms with Crippen LogP contribution in [0, 0.1) is 6.92 Å². The molecule has 0 saturated carbocycles. The molecule has 3 nitrogen and oxygen atoms in total. The third kappa shape index (κ3) is 2.54. The number of benzene rings is 2. The number of nitrogens with two attached hydrogens (primary N) is 1. The van der Waals surface area contributed by atoms with E-state index in [0.29, 0.717) is 5.56 Å². The van der Waals surface area contributed by atoms with Crippen LogP contribution in [0.2, 0.25) is 0 Å². The number of rotatable bonds is 2. The van der Waals surface area contributed by atoms with Gasteiger partial charge in [-0.25, -0.2) is 13.6 Å². The van der Waals surface area contributed by atoms with E-state index in [1.54, 1.807) is 18.2 Å². The van der Waals surface area contributed by atoms with Crippen molar-refractivity contribution in [2.24, 2.45) is 5.14 Å². The fraction of sp³-hybridized carbons (Fsp3) is 0.0769. The molecule has 2 rings (SSSR count). The first-order valence-electron chi connectivity index (χ1n) is 5.17. The standard InChI is InChI=1S/C13H13NO2S/c1-10-6-8-11(9-7-10)12-4-2-3-5-13(12)17(14,15)16/h2-9H,1H3,(H2,14,15,16). The lowest BCUT2D eigenvalue weighted by Gasteiger charge is -2.07. The maximum Gasteiger partial charge on any atom is 0.238 e. The van der Waals surface area contributed by atoms with Crippen LogP contribution in [0.15, 0.2) is 53.4 Å². The molecule has 0 fully saturated rings. The van der Waals surface area contributed by atoms with Crippen LogP contribution in [-0.4, -0.2) is 8.42 Å². The molecule has 0 spiro atoms. The third-order valence-corrected chi connectivity index (χ3v) is 3.53. The highest BCUT2D eigenvalue weighted by Crippen LogP contribution is 2.26. The van der Waals surface area contributed by atoms with Crippen LogP contribution in [0.1, 0.15) is 5.56 Å². The lowest BCUT2D eigenvalue weighted by atomic mass is 10.0. The smallest absolute Gasteiger partial charge is 0.225 e. The van der Waals surface area contributed by atoms with Crippen molar-refractivity contribution in [3.63, 3.8) is 0 Å². The van der Waals surface area contributed by atoms with E-state index in [1.165, 1.54) is 6.07 Å². The summed E-state index contributed by atoms with van der Waals surface area (Å²) in [5, 5.41) is 5.20. The Balaban J connectivity index is 2.64. The summed E-state index contributed by atoms with van der Waals surface area (Å²) < 4.78 is 22.9. The molecule has 0 saturated heterocycles. The highest BCUT2D eigenvalue weighted by atomic mass is 32.2. The summed E-state index contributed by atoms with van der Waals surface area (Å²) >= 11 is 0. The molecular weight excluding hydrogens is 234 g/mol. The SMILES string of the molecule is Cc1ccc(-c2ccccc2S(N)(=O)=O)cc1. The second kappa shape index (κ2) is 4.31. The molecule has 0 unspecified atom stereocenters. The molecule has 0 atom stereocenters. The zero-order valence-corrected chi connectivity index (χ0v) is 10.2. The lowest BCUT2D eigenvalue weighted by molar-refractivity contribution is 0.598. The van der Waals surface area contributed by atoms with Crippen molar-refractivity contribution in [1.82, 2.24) is 0 Å². The fourth-order valence-corrected chi connectivity index (χ4v) is 2.45.